The smallest absolute Gasteiger partial charge is 0.221 e. The van der Waals surface area contributed by atoms with Gasteiger partial charge in [0.05, 0.1) is 13.2 Å². The Morgan fingerprint density at radius 3 is 2.62 bits per heavy atom. The molecular weight excluding hydrogens is 300 g/mol. The van der Waals surface area contributed by atoms with Crippen molar-refractivity contribution in [2.45, 2.75) is 25.8 Å². The molecule has 24 heavy (non-hydrogen) atoms. The van der Waals surface area contributed by atoms with E-state index in [-0.39, 0.29) is 11.9 Å². The Labute approximate surface area is 144 Å². The zero-order valence-electron chi connectivity index (χ0n) is 14.4. The van der Waals surface area contributed by atoms with Crippen molar-refractivity contribution in [1.82, 2.24) is 10.6 Å². The Morgan fingerprint density at radius 1 is 1.08 bits per heavy atom. The molecule has 2 aromatic carbocycles. The molecule has 0 bridgehead atoms. The van der Waals surface area contributed by atoms with Crippen LogP contribution < -0.4 is 15.4 Å². The molecule has 0 heterocycles. The normalized spacial score (nSPS) is 11.8. The van der Waals surface area contributed by atoms with E-state index >= 15 is 0 Å². The van der Waals surface area contributed by atoms with Crippen LogP contribution in [0.4, 0.5) is 0 Å². The van der Waals surface area contributed by atoms with Crippen molar-refractivity contribution in [2.24, 2.45) is 0 Å². The number of benzene rings is 2. The van der Waals surface area contributed by atoms with Crippen LogP contribution in [0.3, 0.4) is 0 Å². The van der Waals surface area contributed by atoms with Gasteiger partial charge in [0.15, 0.2) is 0 Å². The van der Waals surface area contributed by atoms with Gasteiger partial charge in [0.25, 0.3) is 0 Å². The average molecular weight is 326 g/mol. The van der Waals surface area contributed by atoms with Crippen LogP contribution in [0.1, 0.15) is 30.5 Å². The molecule has 1 atom stereocenters. The molecule has 0 spiro atoms. The van der Waals surface area contributed by atoms with Gasteiger partial charge in [0.1, 0.15) is 5.75 Å². The molecule has 0 radical (unpaired) electrons. The largest absolute Gasteiger partial charge is 0.497 e. The summed E-state index contributed by atoms with van der Waals surface area (Å²) in [6, 6.07) is 18.1. The SMILES string of the molecule is COc1cccc(CCNCCC(=O)NC(C)c2ccccc2)c1. The average Bonchev–Trinajstić information content (AvgIpc) is 2.62. The minimum Gasteiger partial charge on any atom is -0.497 e. The lowest BCUT2D eigenvalue weighted by Crippen LogP contribution is -2.30. The van der Waals surface area contributed by atoms with Crippen molar-refractivity contribution in [3.63, 3.8) is 0 Å². The van der Waals surface area contributed by atoms with E-state index in [0.29, 0.717) is 13.0 Å². The van der Waals surface area contributed by atoms with Crippen molar-refractivity contribution in [2.75, 3.05) is 20.2 Å². The molecule has 2 rings (SSSR count). The number of rotatable bonds is 9. The summed E-state index contributed by atoms with van der Waals surface area (Å²) in [5, 5.41) is 6.34. The number of amides is 1. The van der Waals surface area contributed by atoms with Gasteiger partial charge < -0.3 is 15.4 Å². The highest BCUT2D eigenvalue weighted by atomic mass is 16.5. The first-order chi connectivity index (χ1) is 11.7. The minimum absolute atomic E-state index is 0.0375. The predicted molar refractivity (Wildman–Crippen MR) is 97.2 cm³/mol. The highest BCUT2D eigenvalue weighted by Gasteiger charge is 2.08. The number of hydrogen-bond donors (Lipinski definition) is 2. The number of hydrogen-bond acceptors (Lipinski definition) is 3. The van der Waals surface area contributed by atoms with Crippen molar-refractivity contribution < 1.29 is 9.53 Å². The van der Waals surface area contributed by atoms with Crippen molar-refractivity contribution in [3.05, 3.63) is 65.7 Å². The van der Waals surface area contributed by atoms with Gasteiger partial charge in [0.2, 0.25) is 5.91 Å². The third-order valence-electron chi connectivity index (χ3n) is 3.93. The van der Waals surface area contributed by atoms with E-state index in [4.69, 9.17) is 4.74 Å². The molecule has 2 aromatic rings. The Kier molecular flexibility index (Phi) is 7.30. The van der Waals surface area contributed by atoms with Crippen LogP contribution in [0.2, 0.25) is 0 Å². The topological polar surface area (TPSA) is 50.4 Å². The number of carbonyl (C=O) groups is 1. The predicted octanol–water partition coefficient (Wildman–Crippen LogP) is 3.09. The van der Waals surface area contributed by atoms with E-state index in [1.54, 1.807) is 7.11 Å². The van der Waals surface area contributed by atoms with Gasteiger partial charge in [-0.3, -0.25) is 4.79 Å². The minimum atomic E-state index is 0.0375. The maximum atomic E-state index is 12.0. The monoisotopic (exact) mass is 326 g/mol. The Balaban J connectivity index is 1.62. The molecule has 4 heteroatoms. The first-order valence-corrected chi connectivity index (χ1v) is 8.37. The summed E-state index contributed by atoms with van der Waals surface area (Å²) in [5.41, 5.74) is 2.35. The number of nitrogens with one attached hydrogen (secondary N) is 2. The molecule has 2 N–H and O–H groups in total. The van der Waals surface area contributed by atoms with Crippen LogP contribution in [0, 0.1) is 0 Å². The molecule has 0 saturated heterocycles. The summed E-state index contributed by atoms with van der Waals surface area (Å²) >= 11 is 0. The molecule has 1 amide bonds. The number of carbonyl (C=O) groups excluding carboxylic acids is 1. The summed E-state index contributed by atoms with van der Waals surface area (Å²) in [4.78, 5) is 12.0. The molecule has 0 aromatic heterocycles. The van der Waals surface area contributed by atoms with Crippen LogP contribution in [0.15, 0.2) is 54.6 Å². The standard InChI is InChI=1S/C20H26N2O2/c1-16(18-8-4-3-5-9-18)22-20(23)12-14-21-13-11-17-7-6-10-19(15-17)24-2/h3-10,15-16,21H,11-14H2,1-2H3,(H,22,23). The van der Waals surface area contributed by atoms with Crippen molar-refractivity contribution in [1.29, 1.82) is 0 Å². The number of ether oxygens (including phenoxy) is 1. The van der Waals surface area contributed by atoms with E-state index in [1.165, 1.54) is 5.56 Å². The first-order valence-electron chi connectivity index (χ1n) is 8.37. The third kappa shape index (κ3) is 6.05. The molecule has 0 aliphatic rings. The van der Waals surface area contributed by atoms with Crippen LogP contribution in [-0.4, -0.2) is 26.1 Å². The van der Waals surface area contributed by atoms with E-state index in [9.17, 15) is 4.79 Å². The second-order valence-corrected chi connectivity index (χ2v) is 5.80. The van der Waals surface area contributed by atoms with Crippen LogP contribution >= 0.6 is 0 Å². The molecule has 0 fully saturated rings. The second-order valence-electron chi connectivity index (χ2n) is 5.80. The number of methoxy groups -OCH3 is 1. The van der Waals surface area contributed by atoms with Crippen molar-refractivity contribution >= 4 is 5.91 Å². The molecule has 0 aliphatic carbocycles. The van der Waals surface area contributed by atoms with Gasteiger partial charge in [-0.1, -0.05) is 42.5 Å². The lowest BCUT2D eigenvalue weighted by atomic mass is 10.1. The van der Waals surface area contributed by atoms with Crippen molar-refractivity contribution in [3.8, 4) is 5.75 Å². The Bertz CT molecular complexity index is 629. The summed E-state index contributed by atoms with van der Waals surface area (Å²) in [6.45, 7) is 3.52. The van der Waals surface area contributed by atoms with Gasteiger partial charge >= 0.3 is 0 Å². The van der Waals surface area contributed by atoms with Gasteiger partial charge in [-0.05, 0) is 43.1 Å². The van der Waals surface area contributed by atoms with Crippen LogP contribution in [0.25, 0.3) is 0 Å². The lowest BCUT2D eigenvalue weighted by molar-refractivity contribution is -0.121. The summed E-state index contributed by atoms with van der Waals surface area (Å²) in [5.74, 6) is 0.946. The summed E-state index contributed by atoms with van der Waals surface area (Å²) < 4.78 is 5.21. The van der Waals surface area contributed by atoms with Gasteiger partial charge in [-0.25, -0.2) is 0 Å². The van der Waals surface area contributed by atoms with E-state index < -0.39 is 0 Å². The third-order valence-corrected chi connectivity index (χ3v) is 3.93. The quantitative estimate of drug-likeness (QED) is 0.696. The van der Waals surface area contributed by atoms with Gasteiger partial charge in [-0.15, -0.1) is 0 Å². The molecule has 128 valence electrons. The molecule has 1 unspecified atom stereocenters. The fourth-order valence-corrected chi connectivity index (χ4v) is 2.53. The maximum Gasteiger partial charge on any atom is 0.221 e. The second kappa shape index (κ2) is 9.73. The van der Waals surface area contributed by atoms with E-state index in [1.807, 2.05) is 55.5 Å². The fourth-order valence-electron chi connectivity index (χ4n) is 2.53. The van der Waals surface area contributed by atoms with Crippen LogP contribution in [0.5, 0.6) is 5.75 Å². The van der Waals surface area contributed by atoms with Crippen LogP contribution in [-0.2, 0) is 11.2 Å². The van der Waals surface area contributed by atoms with Gasteiger partial charge in [-0.2, -0.15) is 0 Å². The fraction of sp³-hybridized carbons (Fsp3) is 0.350. The Morgan fingerprint density at radius 2 is 1.88 bits per heavy atom. The molecule has 0 saturated carbocycles. The molecular formula is C20H26N2O2. The maximum absolute atomic E-state index is 12.0. The summed E-state index contributed by atoms with van der Waals surface area (Å²) in [7, 11) is 1.67. The zero-order chi connectivity index (χ0) is 17.2. The molecule has 0 aliphatic heterocycles. The highest BCUT2D eigenvalue weighted by molar-refractivity contribution is 5.76. The first kappa shape index (κ1) is 18.0. The van der Waals surface area contributed by atoms with E-state index in [2.05, 4.69) is 16.7 Å². The summed E-state index contributed by atoms with van der Waals surface area (Å²) in [6.07, 6.45) is 1.40. The highest BCUT2D eigenvalue weighted by Crippen LogP contribution is 2.12. The lowest BCUT2D eigenvalue weighted by Gasteiger charge is -2.14. The Hall–Kier alpha value is -2.33. The van der Waals surface area contributed by atoms with E-state index in [0.717, 1.165) is 24.3 Å². The van der Waals surface area contributed by atoms with Gasteiger partial charge in [0, 0.05) is 13.0 Å². The molecule has 4 nitrogen and oxygen atoms in total. The zero-order valence-corrected chi connectivity index (χ0v) is 14.4.